The fraction of sp³-hybridized carbons (Fsp3) is 0.750. The molecule has 1 aliphatic carbocycles. The van der Waals surface area contributed by atoms with Gasteiger partial charge in [-0.3, -0.25) is 0 Å². The molecule has 1 saturated heterocycles. The fourth-order valence-corrected chi connectivity index (χ4v) is 3.54. The highest BCUT2D eigenvalue weighted by atomic mass is 16.5. The lowest BCUT2D eigenvalue weighted by molar-refractivity contribution is -0.0870. The standard InChI is InChI=1S/C16H25N3O/c1-3-13-11-17-15(18-12-13)19-7-5-16(6-8-19)9-14(10-16)20-4-2/h11-12,14H,3-10H2,1-2H3. The minimum absolute atomic E-state index is 0.520. The number of hydrogen-bond donors (Lipinski definition) is 0. The Balaban J connectivity index is 1.53. The van der Waals surface area contributed by atoms with Gasteiger partial charge in [-0.2, -0.15) is 0 Å². The van der Waals surface area contributed by atoms with Gasteiger partial charge in [-0.1, -0.05) is 6.92 Å². The predicted octanol–water partition coefficient (Wildman–Crippen LogP) is 2.82. The highest BCUT2D eigenvalue weighted by Crippen LogP contribution is 2.50. The molecule has 1 spiro atoms. The van der Waals surface area contributed by atoms with Gasteiger partial charge >= 0.3 is 0 Å². The van der Waals surface area contributed by atoms with E-state index in [9.17, 15) is 0 Å². The van der Waals surface area contributed by atoms with Crippen LogP contribution in [0.25, 0.3) is 0 Å². The average molecular weight is 275 g/mol. The number of aromatic nitrogens is 2. The smallest absolute Gasteiger partial charge is 0.225 e. The minimum Gasteiger partial charge on any atom is -0.378 e. The topological polar surface area (TPSA) is 38.2 Å². The van der Waals surface area contributed by atoms with Gasteiger partial charge in [-0.05, 0) is 50.0 Å². The normalized spacial score (nSPS) is 22.0. The third-order valence-corrected chi connectivity index (χ3v) is 4.93. The summed E-state index contributed by atoms with van der Waals surface area (Å²) in [5.74, 6) is 0.901. The second-order valence-corrected chi connectivity index (χ2v) is 6.22. The van der Waals surface area contributed by atoms with Crippen molar-refractivity contribution < 1.29 is 4.74 Å². The van der Waals surface area contributed by atoms with Gasteiger partial charge in [0.15, 0.2) is 0 Å². The molecular weight excluding hydrogens is 250 g/mol. The van der Waals surface area contributed by atoms with E-state index >= 15 is 0 Å². The molecule has 1 aliphatic heterocycles. The molecule has 0 unspecified atom stereocenters. The second kappa shape index (κ2) is 5.68. The van der Waals surface area contributed by atoms with Gasteiger partial charge in [0.25, 0.3) is 0 Å². The monoisotopic (exact) mass is 275 g/mol. The van der Waals surface area contributed by atoms with E-state index in [4.69, 9.17) is 4.74 Å². The molecule has 2 aliphatic rings. The van der Waals surface area contributed by atoms with Crippen molar-refractivity contribution in [1.82, 2.24) is 9.97 Å². The summed E-state index contributed by atoms with van der Waals surface area (Å²) in [6.45, 7) is 7.25. The molecule has 0 radical (unpaired) electrons. The third-order valence-electron chi connectivity index (χ3n) is 4.93. The first-order valence-electron chi connectivity index (χ1n) is 7.92. The SMILES string of the molecule is CCOC1CC2(CCN(c3ncc(CC)cn3)CC2)C1. The Bertz CT molecular complexity index is 430. The van der Waals surface area contributed by atoms with Crippen LogP contribution in [-0.4, -0.2) is 35.8 Å². The first-order chi connectivity index (χ1) is 9.74. The summed E-state index contributed by atoms with van der Waals surface area (Å²) in [5.41, 5.74) is 1.76. The van der Waals surface area contributed by atoms with Crippen LogP contribution in [0, 0.1) is 5.41 Å². The molecule has 0 bridgehead atoms. The lowest BCUT2D eigenvalue weighted by atomic mass is 9.61. The molecule has 1 saturated carbocycles. The van der Waals surface area contributed by atoms with Crippen LogP contribution >= 0.6 is 0 Å². The number of piperidine rings is 1. The van der Waals surface area contributed by atoms with Crippen LogP contribution < -0.4 is 4.90 Å². The number of ether oxygens (including phenoxy) is 1. The van der Waals surface area contributed by atoms with Crippen LogP contribution in [0.15, 0.2) is 12.4 Å². The largest absolute Gasteiger partial charge is 0.378 e. The molecule has 4 nitrogen and oxygen atoms in total. The van der Waals surface area contributed by atoms with Crippen LogP contribution in [0.5, 0.6) is 0 Å². The summed E-state index contributed by atoms with van der Waals surface area (Å²) >= 11 is 0. The van der Waals surface area contributed by atoms with E-state index < -0.39 is 0 Å². The van der Waals surface area contributed by atoms with Crippen molar-refractivity contribution >= 4 is 5.95 Å². The van der Waals surface area contributed by atoms with E-state index in [1.54, 1.807) is 0 Å². The summed E-state index contributed by atoms with van der Waals surface area (Å²) < 4.78 is 5.70. The molecule has 20 heavy (non-hydrogen) atoms. The van der Waals surface area contributed by atoms with E-state index in [0.717, 1.165) is 32.1 Å². The molecule has 0 atom stereocenters. The summed E-state index contributed by atoms with van der Waals surface area (Å²) in [7, 11) is 0. The van der Waals surface area contributed by atoms with Crippen molar-refractivity contribution in [3.05, 3.63) is 18.0 Å². The summed E-state index contributed by atoms with van der Waals surface area (Å²) in [4.78, 5) is 11.3. The van der Waals surface area contributed by atoms with E-state index in [1.807, 2.05) is 12.4 Å². The molecule has 3 rings (SSSR count). The zero-order valence-corrected chi connectivity index (χ0v) is 12.6. The molecule has 2 fully saturated rings. The van der Waals surface area contributed by atoms with Crippen LogP contribution in [0.4, 0.5) is 5.95 Å². The van der Waals surface area contributed by atoms with Crippen molar-refractivity contribution in [3.8, 4) is 0 Å². The number of aryl methyl sites for hydroxylation is 1. The number of hydrogen-bond acceptors (Lipinski definition) is 4. The summed E-state index contributed by atoms with van der Waals surface area (Å²) in [6, 6.07) is 0. The Morgan fingerprint density at radius 3 is 2.40 bits per heavy atom. The van der Waals surface area contributed by atoms with E-state index in [-0.39, 0.29) is 0 Å². The van der Waals surface area contributed by atoms with Crippen molar-refractivity contribution in [3.63, 3.8) is 0 Å². The first kappa shape index (κ1) is 13.8. The van der Waals surface area contributed by atoms with Crippen LogP contribution in [0.1, 0.15) is 45.1 Å². The number of anilines is 1. The Morgan fingerprint density at radius 1 is 1.20 bits per heavy atom. The Kier molecular flexibility index (Phi) is 3.92. The van der Waals surface area contributed by atoms with Gasteiger partial charge in [0.2, 0.25) is 5.95 Å². The van der Waals surface area contributed by atoms with Crippen molar-refractivity contribution in [2.24, 2.45) is 5.41 Å². The lowest BCUT2D eigenvalue weighted by Crippen LogP contribution is -2.50. The van der Waals surface area contributed by atoms with Crippen molar-refractivity contribution in [2.45, 2.75) is 52.1 Å². The summed E-state index contributed by atoms with van der Waals surface area (Å²) in [6.07, 6.45) is 10.5. The third kappa shape index (κ3) is 2.66. The molecule has 4 heteroatoms. The molecular formula is C16H25N3O. The van der Waals surface area contributed by atoms with Gasteiger partial charge in [0, 0.05) is 32.1 Å². The summed E-state index contributed by atoms with van der Waals surface area (Å²) in [5, 5.41) is 0. The molecule has 0 aromatic carbocycles. The highest BCUT2D eigenvalue weighted by Gasteiger charge is 2.46. The molecule has 110 valence electrons. The van der Waals surface area contributed by atoms with Gasteiger partial charge in [-0.15, -0.1) is 0 Å². The zero-order valence-electron chi connectivity index (χ0n) is 12.6. The Labute approximate surface area is 121 Å². The number of nitrogens with zero attached hydrogens (tertiary/aromatic N) is 3. The van der Waals surface area contributed by atoms with Gasteiger partial charge < -0.3 is 9.64 Å². The van der Waals surface area contributed by atoms with E-state index in [0.29, 0.717) is 11.5 Å². The molecule has 0 N–H and O–H groups in total. The van der Waals surface area contributed by atoms with Gasteiger partial charge in [-0.25, -0.2) is 9.97 Å². The van der Waals surface area contributed by atoms with Crippen LogP contribution in [0.2, 0.25) is 0 Å². The molecule has 1 aromatic heterocycles. The lowest BCUT2D eigenvalue weighted by Gasteiger charge is -2.51. The zero-order chi connectivity index (χ0) is 14.0. The maximum atomic E-state index is 5.70. The fourth-order valence-electron chi connectivity index (χ4n) is 3.54. The Hall–Kier alpha value is -1.16. The van der Waals surface area contributed by atoms with Gasteiger partial charge in [0.1, 0.15) is 0 Å². The van der Waals surface area contributed by atoms with E-state index in [1.165, 1.54) is 31.2 Å². The van der Waals surface area contributed by atoms with E-state index in [2.05, 4.69) is 28.7 Å². The van der Waals surface area contributed by atoms with Crippen molar-refractivity contribution in [1.29, 1.82) is 0 Å². The quantitative estimate of drug-likeness (QED) is 0.847. The van der Waals surface area contributed by atoms with Gasteiger partial charge in [0.05, 0.1) is 6.10 Å². The minimum atomic E-state index is 0.520. The van der Waals surface area contributed by atoms with Crippen molar-refractivity contribution in [2.75, 3.05) is 24.6 Å². The predicted molar refractivity (Wildman–Crippen MR) is 79.9 cm³/mol. The molecule has 2 heterocycles. The average Bonchev–Trinajstić information content (AvgIpc) is 2.47. The van der Waals surface area contributed by atoms with Crippen LogP contribution in [0.3, 0.4) is 0 Å². The van der Waals surface area contributed by atoms with Crippen LogP contribution in [-0.2, 0) is 11.2 Å². The molecule has 0 amide bonds. The second-order valence-electron chi connectivity index (χ2n) is 6.22. The molecule has 1 aromatic rings. The maximum Gasteiger partial charge on any atom is 0.225 e. The Morgan fingerprint density at radius 2 is 1.85 bits per heavy atom. The number of rotatable bonds is 4. The first-order valence-corrected chi connectivity index (χ1v) is 7.92. The highest BCUT2D eigenvalue weighted by molar-refractivity contribution is 5.31. The maximum absolute atomic E-state index is 5.70.